The van der Waals surface area contributed by atoms with Crippen LogP contribution in [0.25, 0.3) is 0 Å². The maximum Gasteiger partial charge on any atom is 0.303 e. The number of β-amino-alcohol motifs (C(OH)–C–C–N with tert-alkyl or cyclic N) is 1. The number of carboxylic acids is 1. The number of aliphatic carboxylic acids is 1. The second-order valence-electron chi connectivity index (χ2n) is 3.28. The van der Waals surface area contributed by atoms with E-state index >= 15 is 0 Å². The summed E-state index contributed by atoms with van der Waals surface area (Å²) in [6.45, 7) is 0.651. The van der Waals surface area contributed by atoms with E-state index < -0.39 is 5.97 Å². The third-order valence-electron chi connectivity index (χ3n) is 2.14. The molecule has 0 aromatic carbocycles. The summed E-state index contributed by atoms with van der Waals surface area (Å²) in [7, 11) is 0. The number of hydrogen-bond acceptors (Lipinski definition) is 3. The highest BCUT2D eigenvalue weighted by Crippen LogP contribution is 2.12. The molecule has 1 fully saturated rings. The van der Waals surface area contributed by atoms with E-state index in [0.29, 0.717) is 19.0 Å². The Morgan fingerprint density at radius 2 is 2.33 bits per heavy atom. The predicted octanol–water partition coefficient (Wildman–Crippen LogP) is -0.0359. The Hall–Kier alpha value is -0.610. The van der Waals surface area contributed by atoms with E-state index in [9.17, 15) is 4.79 Å². The zero-order valence-corrected chi connectivity index (χ0v) is 6.99. The molecule has 0 aromatic heterocycles. The maximum atomic E-state index is 10.2. The molecule has 0 bridgehead atoms. The van der Waals surface area contributed by atoms with Crippen LogP contribution >= 0.6 is 0 Å². The molecule has 2 unspecified atom stereocenters. The van der Waals surface area contributed by atoms with Crippen LogP contribution in [-0.4, -0.2) is 34.9 Å². The van der Waals surface area contributed by atoms with Crippen LogP contribution in [0.4, 0.5) is 0 Å². The largest absolute Gasteiger partial charge is 0.481 e. The van der Waals surface area contributed by atoms with Crippen molar-refractivity contribution >= 4 is 5.97 Å². The Bertz CT molecular complexity index is 160. The molecule has 1 saturated heterocycles. The average molecular weight is 173 g/mol. The third-order valence-corrected chi connectivity index (χ3v) is 2.14. The third kappa shape index (κ3) is 3.19. The second kappa shape index (κ2) is 4.42. The van der Waals surface area contributed by atoms with Crippen molar-refractivity contribution < 1.29 is 15.0 Å². The molecule has 4 heteroatoms. The average Bonchev–Trinajstić information content (AvgIpc) is 2.35. The lowest BCUT2D eigenvalue weighted by Crippen LogP contribution is -2.21. The quantitative estimate of drug-likeness (QED) is 0.558. The molecule has 1 aliphatic heterocycles. The van der Waals surface area contributed by atoms with Crippen molar-refractivity contribution in [1.82, 2.24) is 5.32 Å². The Morgan fingerprint density at radius 3 is 2.83 bits per heavy atom. The van der Waals surface area contributed by atoms with E-state index in [4.69, 9.17) is 10.2 Å². The molecule has 2 atom stereocenters. The van der Waals surface area contributed by atoms with Gasteiger partial charge in [0.1, 0.15) is 0 Å². The summed E-state index contributed by atoms with van der Waals surface area (Å²) in [6, 6.07) is 0.319. The fourth-order valence-corrected chi connectivity index (χ4v) is 1.52. The fraction of sp³-hybridized carbons (Fsp3) is 0.875. The van der Waals surface area contributed by atoms with E-state index in [1.165, 1.54) is 0 Å². The number of aliphatic hydroxyl groups excluding tert-OH is 1. The Balaban J connectivity index is 2.04. The van der Waals surface area contributed by atoms with Gasteiger partial charge >= 0.3 is 5.97 Å². The molecule has 0 saturated carbocycles. The van der Waals surface area contributed by atoms with Crippen molar-refractivity contribution in [3.63, 3.8) is 0 Å². The van der Waals surface area contributed by atoms with Crippen LogP contribution in [0.2, 0.25) is 0 Å². The van der Waals surface area contributed by atoms with Gasteiger partial charge < -0.3 is 15.5 Å². The van der Waals surface area contributed by atoms with Crippen molar-refractivity contribution in [1.29, 1.82) is 0 Å². The van der Waals surface area contributed by atoms with Crippen molar-refractivity contribution in [3.05, 3.63) is 0 Å². The van der Waals surface area contributed by atoms with Gasteiger partial charge in [-0.2, -0.15) is 0 Å². The number of hydrogen-bond donors (Lipinski definition) is 3. The van der Waals surface area contributed by atoms with Gasteiger partial charge in [-0.05, 0) is 19.3 Å². The zero-order chi connectivity index (χ0) is 8.97. The highest BCUT2D eigenvalue weighted by atomic mass is 16.4. The van der Waals surface area contributed by atoms with Crippen LogP contribution in [0.3, 0.4) is 0 Å². The lowest BCUT2D eigenvalue weighted by atomic mass is 10.1. The maximum absolute atomic E-state index is 10.2. The summed E-state index contributed by atoms with van der Waals surface area (Å²) in [4.78, 5) is 10.2. The number of carbonyl (C=O) groups is 1. The van der Waals surface area contributed by atoms with Crippen molar-refractivity contribution in [2.75, 3.05) is 6.54 Å². The Labute approximate surface area is 71.6 Å². The number of nitrogens with one attached hydrogen (secondary N) is 1. The number of carboxylic acid groups (broad SMARTS) is 1. The molecular formula is C8H15NO3. The van der Waals surface area contributed by atoms with Crippen LogP contribution in [0, 0.1) is 0 Å². The second-order valence-corrected chi connectivity index (χ2v) is 3.28. The van der Waals surface area contributed by atoms with E-state index in [1.807, 2.05) is 0 Å². The van der Waals surface area contributed by atoms with E-state index in [1.54, 1.807) is 0 Å². The smallest absolute Gasteiger partial charge is 0.303 e. The van der Waals surface area contributed by atoms with Crippen molar-refractivity contribution in [2.24, 2.45) is 0 Å². The molecule has 0 aromatic rings. The monoisotopic (exact) mass is 173 g/mol. The molecule has 70 valence electrons. The minimum absolute atomic E-state index is 0.230. The van der Waals surface area contributed by atoms with Gasteiger partial charge in [0.15, 0.2) is 0 Å². The minimum atomic E-state index is -0.742. The first-order valence-corrected chi connectivity index (χ1v) is 4.31. The van der Waals surface area contributed by atoms with Crippen molar-refractivity contribution in [3.8, 4) is 0 Å². The summed E-state index contributed by atoms with van der Waals surface area (Å²) >= 11 is 0. The van der Waals surface area contributed by atoms with Crippen LogP contribution in [-0.2, 0) is 4.79 Å². The molecule has 3 N–H and O–H groups in total. The molecule has 1 rings (SSSR count). The first kappa shape index (κ1) is 9.48. The molecule has 0 radical (unpaired) electrons. The summed E-state index contributed by atoms with van der Waals surface area (Å²) in [6.07, 6.45) is 2.30. The van der Waals surface area contributed by atoms with Gasteiger partial charge in [-0.1, -0.05) is 0 Å². The van der Waals surface area contributed by atoms with Gasteiger partial charge in [-0.3, -0.25) is 4.79 Å². The van der Waals surface area contributed by atoms with Gasteiger partial charge in [0, 0.05) is 19.0 Å². The van der Waals surface area contributed by atoms with Crippen molar-refractivity contribution in [2.45, 2.75) is 37.8 Å². The standard InChI is InChI=1S/C8H15NO3/c10-7-4-6(9-5-7)2-1-3-8(11)12/h6-7,9-10H,1-5H2,(H,11,12). The molecule has 12 heavy (non-hydrogen) atoms. The van der Waals surface area contributed by atoms with Gasteiger partial charge in [-0.25, -0.2) is 0 Å². The summed E-state index contributed by atoms with van der Waals surface area (Å²) in [5, 5.41) is 20.6. The van der Waals surface area contributed by atoms with E-state index in [-0.39, 0.29) is 12.5 Å². The van der Waals surface area contributed by atoms with Gasteiger partial charge in [-0.15, -0.1) is 0 Å². The first-order valence-electron chi connectivity index (χ1n) is 4.31. The Morgan fingerprint density at radius 1 is 1.58 bits per heavy atom. The Kier molecular flexibility index (Phi) is 3.49. The SMILES string of the molecule is O=C(O)CCCC1CC(O)CN1. The minimum Gasteiger partial charge on any atom is -0.481 e. The predicted molar refractivity (Wildman–Crippen MR) is 43.9 cm³/mol. The van der Waals surface area contributed by atoms with E-state index in [2.05, 4.69) is 5.32 Å². The lowest BCUT2D eigenvalue weighted by Gasteiger charge is -2.07. The van der Waals surface area contributed by atoms with Gasteiger partial charge in [0.25, 0.3) is 0 Å². The normalized spacial score (nSPS) is 29.1. The van der Waals surface area contributed by atoms with Gasteiger partial charge in [0.2, 0.25) is 0 Å². The molecule has 1 heterocycles. The van der Waals surface area contributed by atoms with Crippen LogP contribution in [0.5, 0.6) is 0 Å². The summed E-state index contributed by atoms with van der Waals surface area (Å²) in [5.41, 5.74) is 0. The number of rotatable bonds is 4. The number of aliphatic hydroxyl groups is 1. The highest BCUT2D eigenvalue weighted by Gasteiger charge is 2.21. The fourth-order valence-electron chi connectivity index (χ4n) is 1.52. The molecule has 0 amide bonds. The lowest BCUT2D eigenvalue weighted by molar-refractivity contribution is -0.137. The van der Waals surface area contributed by atoms with Crippen LogP contribution in [0.1, 0.15) is 25.7 Å². The molecule has 0 aliphatic carbocycles. The highest BCUT2D eigenvalue weighted by molar-refractivity contribution is 5.66. The topological polar surface area (TPSA) is 69.6 Å². The van der Waals surface area contributed by atoms with Crippen LogP contribution < -0.4 is 5.32 Å². The van der Waals surface area contributed by atoms with E-state index in [0.717, 1.165) is 12.8 Å². The summed E-state index contributed by atoms with van der Waals surface area (Å²) in [5.74, 6) is -0.742. The molecule has 4 nitrogen and oxygen atoms in total. The molecule has 1 aliphatic rings. The summed E-state index contributed by atoms with van der Waals surface area (Å²) < 4.78 is 0. The first-order chi connectivity index (χ1) is 5.68. The zero-order valence-electron chi connectivity index (χ0n) is 6.99. The van der Waals surface area contributed by atoms with Gasteiger partial charge in [0.05, 0.1) is 6.10 Å². The molecular weight excluding hydrogens is 158 g/mol. The molecule has 0 spiro atoms. The van der Waals surface area contributed by atoms with Crippen LogP contribution in [0.15, 0.2) is 0 Å².